The Bertz CT molecular complexity index is 590. The van der Waals surface area contributed by atoms with Crippen LogP contribution in [0.5, 0.6) is 0 Å². The maximum Gasteiger partial charge on any atom is 0.423 e. The predicted molar refractivity (Wildman–Crippen MR) is 69.8 cm³/mol. The van der Waals surface area contributed by atoms with Crippen LogP contribution in [0.3, 0.4) is 0 Å². The average Bonchev–Trinajstić information content (AvgIpc) is 2.47. The zero-order valence-corrected chi connectivity index (χ0v) is 11.1. The Morgan fingerprint density at radius 2 is 1.90 bits per heavy atom. The first-order valence-corrected chi connectivity index (χ1v) is 6.12. The summed E-state index contributed by atoms with van der Waals surface area (Å²) in [6.45, 7) is 0. The molecule has 112 valence electrons. The third-order valence-electron chi connectivity index (χ3n) is 3.29. The molecule has 2 rings (SSSR count). The molecule has 1 aliphatic rings. The Labute approximate surface area is 119 Å². The number of allylic oxidation sites excluding steroid dienone is 2. The summed E-state index contributed by atoms with van der Waals surface area (Å²) in [6, 6.07) is 8.15. The van der Waals surface area contributed by atoms with Gasteiger partial charge >= 0.3 is 6.18 Å². The first-order valence-electron chi connectivity index (χ1n) is 6.12. The minimum absolute atomic E-state index is 0.0435. The molecular formula is C15H13F3O3. The second-order valence-corrected chi connectivity index (χ2v) is 4.63. The molecule has 21 heavy (non-hydrogen) atoms. The number of methoxy groups -OCH3 is 1. The minimum Gasteiger partial charge on any atom is -0.375 e. The lowest BCUT2D eigenvalue weighted by Crippen LogP contribution is -2.54. The van der Waals surface area contributed by atoms with Crippen LogP contribution in [-0.4, -0.2) is 35.9 Å². The third-order valence-corrected chi connectivity index (χ3v) is 3.29. The van der Waals surface area contributed by atoms with Gasteiger partial charge in [0.05, 0.1) is 0 Å². The fourth-order valence-electron chi connectivity index (χ4n) is 2.07. The number of benzene rings is 1. The lowest BCUT2D eigenvalue weighted by atomic mass is 9.86. The molecule has 1 aromatic carbocycles. The minimum atomic E-state index is -4.90. The standard InChI is InChI=1S/C15H13F3O3/c1-21-12-9-11(7-8-14(12,20)15(16,17)18)13(19)10-5-3-2-4-6-10/h2-9,12,20H,1H3. The van der Waals surface area contributed by atoms with Gasteiger partial charge < -0.3 is 9.84 Å². The van der Waals surface area contributed by atoms with E-state index in [9.17, 15) is 23.1 Å². The van der Waals surface area contributed by atoms with Crippen LogP contribution in [0.1, 0.15) is 10.4 Å². The highest BCUT2D eigenvalue weighted by atomic mass is 19.4. The van der Waals surface area contributed by atoms with Gasteiger partial charge in [-0.3, -0.25) is 4.79 Å². The number of alkyl halides is 3. The van der Waals surface area contributed by atoms with Gasteiger partial charge in [-0.15, -0.1) is 0 Å². The first-order chi connectivity index (χ1) is 9.79. The van der Waals surface area contributed by atoms with Crippen molar-refractivity contribution in [3.8, 4) is 0 Å². The molecule has 2 atom stereocenters. The molecule has 0 aromatic heterocycles. The molecule has 1 aliphatic carbocycles. The number of halogens is 3. The Kier molecular flexibility index (Phi) is 4.02. The van der Waals surface area contributed by atoms with Crippen LogP contribution in [0, 0.1) is 0 Å². The molecule has 0 radical (unpaired) electrons. The van der Waals surface area contributed by atoms with Crippen LogP contribution in [0.15, 0.2) is 54.1 Å². The summed E-state index contributed by atoms with van der Waals surface area (Å²) in [6.07, 6.45) is -4.06. The van der Waals surface area contributed by atoms with Crippen LogP contribution in [0.4, 0.5) is 13.2 Å². The Morgan fingerprint density at radius 3 is 2.43 bits per heavy atom. The van der Waals surface area contributed by atoms with E-state index in [1.807, 2.05) is 0 Å². The Morgan fingerprint density at radius 1 is 1.29 bits per heavy atom. The molecule has 2 unspecified atom stereocenters. The second-order valence-electron chi connectivity index (χ2n) is 4.63. The molecule has 0 aliphatic heterocycles. The van der Waals surface area contributed by atoms with E-state index in [1.54, 1.807) is 30.3 Å². The number of hydrogen-bond acceptors (Lipinski definition) is 3. The van der Waals surface area contributed by atoms with Gasteiger partial charge in [-0.05, 0) is 12.2 Å². The fourth-order valence-corrected chi connectivity index (χ4v) is 2.07. The molecule has 0 saturated heterocycles. The van der Waals surface area contributed by atoms with Gasteiger partial charge in [-0.25, -0.2) is 0 Å². The number of Topliss-reactive ketones (excluding diaryl/α,β-unsaturated/α-hetero) is 1. The van der Waals surface area contributed by atoms with Crippen molar-refractivity contribution in [1.29, 1.82) is 0 Å². The van der Waals surface area contributed by atoms with Crippen molar-refractivity contribution >= 4 is 5.78 Å². The van der Waals surface area contributed by atoms with E-state index < -0.39 is 23.7 Å². The number of hydrogen-bond donors (Lipinski definition) is 1. The summed E-state index contributed by atoms with van der Waals surface area (Å²) in [5, 5.41) is 9.74. The van der Waals surface area contributed by atoms with Crippen LogP contribution >= 0.6 is 0 Å². The number of carbonyl (C=O) groups is 1. The highest BCUT2D eigenvalue weighted by molar-refractivity contribution is 6.10. The number of ether oxygens (including phenoxy) is 1. The molecule has 0 saturated carbocycles. The Hall–Kier alpha value is -1.92. The van der Waals surface area contributed by atoms with Crippen molar-refractivity contribution in [2.45, 2.75) is 17.9 Å². The average molecular weight is 298 g/mol. The van der Waals surface area contributed by atoms with Crippen molar-refractivity contribution in [2.24, 2.45) is 0 Å². The number of aliphatic hydroxyl groups is 1. The van der Waals surface area contributed by atoms with Crippen molar-refractivity contribution in [3.05, 3.63) is 59.7 Å². The van der Waals surface area contributed by atoms with Gasteiger partial charge in [0.25, 0.3) is 0 Å². The number of rotatable bonds is 3. The van der Waals surface area contributed by atoms with E-state index in [-0.39, 0.29) is 5.57 Å². The zero-order chi connectivity index (χ0) is 15.7. The number of carbonyl (C=O) groups excluding carboxylic acids is 1. The molecule has 1 N–H and O–H groups in total. The quantitative estimate of drug-likeness (QED) is 0.873. The first kappa shape index (κ1) is 15.5. The molecule has 0 bridgehead atoms. The van der Waals surface area contributed by atoms with Crippen molar-refractivity contribution in [1.82, 2.24) is 0 Å². The summed E-state index contributed by atoms with van der Waals surface area (Å²) < 4.78 is 43.5. The van der Waals surface area contributed by atoms with Crippen LogP contribution < -0.4 is 0 Å². The van der Waals surface area contributed by atoms with Crippen molar-refractivity contribution in [2.75, 3.05) is 7.11 Å². The largest absolute Gasteiger partial charge is 0.423 e. The molecule has 0 amide bonds. The third kappa shape index (κ3) is 2.77. The van der Waals surface area contributed by atoms with Gasteiger partial charge in [0, 0.05) is 18.2 Å². The van der Waals surface area contributed by atoms with Crippen molar-refractivity contribution in [3.63, 3.8) is 0 Å². The van der Waals surface area contributed by atoms with Gasteiger partial charge in [0.1, 0.15) is 6.10 Å². The monoisotopic (exact) mass is 298 g/mol. The lowest BCUT2D eigenvalue weighted by molar-refractivity contribution is -0.265. The van der Waals surface area contributed by atoms with E-state index in [1.165, 1.54) is 0 Å². The van der Waals surface area contributed by atoms with Gasteiger partial charge in [0.15, 0.2) is 5.78 Å². The fraction of sp³-hybridized carbons (Fsp3) is 0.267. The summed E-state index contributed by atoms with van der Waals surface area (Å²) in [5.41, 5.74) is -2.75. The van der Waals surface area contributed by atoms with Gasteiger partial charge in [0.2, 0.25) is 5.60 Å². The molecule has 0 heterocycles. The molecule has 6 heteroatoms. The van der Waals surface area contributed by atoms with E-state index in [0.29, 0.717) is 11.6 Å². The summed E-state index contributed by atoms with van der Waals surface area (Å²) in [7, 11) is 1.04. The summed E-state index contributed by atoms with van der Waals surface area (Å²) >= 11 is 0. The smallest absolute Gasteiger partial charge is 0.375 e. The van der Waals surface area contributed by atoms with Crippen LogP contribution in [0.25, 0.3) is 0 Å². The summed E-state index contributed by atoms with van der Waals surface area (Å²) in [5.74, 6) is -0.432. The molecule has 0 spiro atoms. The van der Waals surface area contributed by atoms with Crippen LogP contribution in [0.2, 0.25) is 0 Å². The predicted octanol–water partition coefficient (Wildman–Crippen LogP) is 2.67. The summed E-state index contributed by atoms with van der Waals surface area (Å²) in [4.78, 5) is 12.2. The number of ketones is 1. The molecule has 1 aromatic rings. The van der Waals surface area contributed by atoms with Gasteiger partial charge in [-0.2, -0.15) is 13.2 Å². The SMILES string of the molecule is COC1C=C(C(=O)c2ccccc2)C=CC1(O)C(F)(F)F. The highest BCUT2D eigenvalue weighted by Crippen LogP contribution is 2.39. The second kappa shape index (κ2) is 5.46. The van der Waals surface area contributed by atoms with Crippen molar-refractivity contribution < 1.29 is 27.8 Å². The van der Waals surface area contributed by atoms with Crippen LogP contribution in [-0.2, 0) is 4.74 Å². The maximum atomic E-state index is 12.9. The molecule has 0 fully saturated rings. The Balaban J connectivity index is 2.34. The zero-order valence-electron chi connectivity index (χ0n) is 11.1. The maximum absolute atomic E-state index is 12.9. The van der Waals surface area contributed by atoms with E-state index in [2.05, 4.69) is 0 Å². The van der Waals surface area contributed by atoms with Gasteiger partial charge in [-0.1, -0.05) is 36.4 Å². The van der Waals surface area contributed by atoms with E-state index in [0.717, 1.165) is 19.3 Å². The lowest BCUT2D eigenvalue weighted by Gasteiger charge is -2.35. The van der Waals surface area contributed by atoms with E-state index >= 15 is 0 Å². The normalized spacial score (nSPS) is 25.6. The molecule has 3 nitrogen and oxygen atoms in total. The highest BCUT2D eigenvalue weighted by Gasteiger charge is 2.58. The topological polar surface area (TPSA) is 46.5 Å². The molecular weight excluding hydrogens is 285 g/mol. The van der Waals surface area contributed by atoms with E-state index in [4.69, 9.17) is 4.74 Å².